The van der Waals surface area contributed by atoms with E-state index in [1.807, 2.05) is 0 Å². The normalized spacial score (nSPS) is 39.4. The van der Waals surface area contributed by atoms with Crippen molar-refractivity contribution < 1.29 is 14.7 Å². The predicted octanol–water partition coefficient (Wildman–Crippen LogP) is 2.31. The number of ketones is 1. The molecule has 0 aromatic heterocycles. The van der Waals surface area contributed by atoms with E-state index in [2.05, 4.69) is 0 Å². The Bertz CT molecular complexity index is 512. The van der Waals surface area contributed by atoms with Gasteiger partial charge < -0.3 is 5.11 Å². The minimum Gasteiger partial charge on any atom is -0.477 e. The van der Waals surface area contributed by atoms with Gasteiger partial charge in [0.25, 0.3) is 0 Å². The SMILES string of the molecule is N#C/C(C(=O)O)=C1\C(=O)C2CCCC3CCCC1C32. The summed E-state index contributed by atoms with van der Waals surface area (Å²) in [6.07, 6.45) is 6.18. The van der Waals surface area contributed by atoms with Crippen molar-refractivity contribution in [3.8, 4) is 6.07 Å². The number of allylic oxidation sites excluding steroid dienone is 1. The van der Waals surface area contributed by atoms with Crippen molar-refractivity contribution in [3.05, 3.63) is 11.1 Å². The average molecular weight is 259 g/mol. The number of aliphatic carboxylic acids is 1. The van der Waals surface area contributed by atoms with E-state index in [4.69, 9.17) is 10.4 Å². The monoisotopic (exact) mass is 259 g/mol. The fourth-order valence-electron chi connectivity index (χ4n) is 4.61. The van der Waals surface area contributed by atoms with E-state index < -0.39 is 5.97 Å². The fourth-order valence-corrected chi connectivity index (χ4v) is 4.61. The second kappa shape index (κ2) is 4.48. The van der Waals surface area contributed by atoms with E-state index in [-0.39, 0.29) is 23.2 Å². The molecule has 0 radical (unpaired) electrons. The Balaban J connectivity index is 2.10. The molecule has 100 valence electrons. The molecule has 0 aromatic carbocycles. The van der Waals surface area contributed by atoms with Crippen LogP contribution in [0.1, 0.15) is 38.5 Å². The van der Waals surface area contributed by atoms with Gasteiger partial charge in [-0.15, -0.1) is 0 Å². The summed E-state index contributed by atoms with van der Waals surface area (Å²) in [7, 11) is 0. The van der Waals surface area contributed by atoms with Gasteiger partial charge in [-0.3, -0.25) is 4.79 Å². The highest BCUT2D eigenvalue weighted by molar-refractivity contribution is 6.08. The second-order valence-corrected chi connectivity index (χ2v) is 5.98. The zero-order valence-electron chi connectivity index (χ0n) is 10.8. The number of hydrogen-bond acceptors (Lipinski definition) is 3. The molecule has 3 aliphatic carbocycles. The van der Waals surface area contributed by atoms with E-state index in [9.17, 15) is 9.59 Å². The number of Topliss-reactive ketones (excluding diaryl/α,β-unsaturated/α-hetero) is 1. The Morgan fingerprint density at radius 1 is 1.16 bits per heavy atom. The van der Waals surface area contributed by atoms with Crippen LogP contribution in [0.25, 0.3) is 0 Å². The Labute approximate surface area is 112 Å². The quantitative estimate of drug-likeness (QED) is 0.579. The summed E-state index contributed by atoms with van der Waals surface area (Å²) >= 11 is 0. The summed E-state index contributed by atoms with van der Waals surface area (Å²) in [6.45, 7) is 0. The Morgan fingerprint density at radius 3 is 2.37 bits per heavy atom. The molecule has 0 aromatic rings. The lowest BCUT2D eigenvalue weighted by Gasteiger charge is -2.39. The number of carbonyl (C=O) groups excluding carboxylic acids is 1. The van der Waals surface area contributed by atoms with Gasteiger partial charge in [-0.2, -0.15) is 5.26 Å². The van der Waals surface area contributed by atoms with Crippen LogP contribution in [0.4, 0.5) is 0 Å². The van der Waals surface area contributed by atoms with Gasteiger partial charge in [0.05, 0.1) is 0 Å². The van der Waals surface area contributed by atoms with Crippen molar-refractivity contribution in [2.45, 2.75) is 38.5 Å². The smallest absolute Gasteiger partial charge is 0.346 e. The first-order valence-corrected chi connectivity index (χ1v) is 7.07. The maximum Gasteiger partial charge on any atom is 0.346 e. The third-order valence-corrected chi connectivity index (χ3v) is 5.22. The number of carboxylic acids is 1. The lowest BCUT2D eigenvalue weighted by atomic mass is 9.64. The number of nitriles is 1. The molecule has 4 unspecified atom stereocenters. The number of carboxylic acid groups (broad SMARTS) is 1. The molecule has 3 saturated carbocycles. The van der Waals surface area contributed by atoms with Crippen LogP contribution >= 0.6 is 0 Å². The standard InChI is InChI=1S/C15H17NO3/c16-7-11(15(18)19)13-9-5-1-3-8-4-2-6-10(12(8)9)14(13)17/h8-10,12H,1-6H2,(H,18,19)/b13-11+. The van der Waals surface area contributed by atoms with Crippen molar-refractivity contribution in [2.24, 2.45) is 23.7 Å². The molecule has 0 aliphatic heterocycles. The van der Waals surface area contributed by atoms with Crippen LogP contribution in [0.2, 0.25) is 0 Å². The van der Waals surface area contributed by atoms with E-state index in [1.54, 1.807) is 6.07 Å². The lowest BCUT2D eigenvalue weighted by Crippen LogP contribution is -2.33. The molecule has 1 N–H and O–H groups in total. The van der Waals surface area contributed by atoms with Crippen LogP contribution in [0, 0.1) is 35.0 Å². The molecule has 3 rings (SSSR count). The topological polar surface area (TPSA) is 78.2 Å². The van der Waals surface area contributed by atoms with Gasteiger partial charge in [-0.05, 0) is 30.6 Å². The first kappa shape index (κ1) is 12.4. The van der Waals surface area contributed by atoms with E-state index in [0.29, 0.717) is 17.4 Å². The maximum absolute atomic E-state index is 12.5. The van der Waals surface area contributed by atoms with Crippen molar-refractivity contribution in [1.82, 2.24) is 0 Å². The molecular formula is C15H17NO3. The van der Waals surface area contributed by atoms with Gasteiger partial charge in [-0.25, -0.2) is 4.79 Å². The Morgan fingerprint density at radius 2 is 1.79 bits per heavy atom. The first-order chi connectivity index (χ1) is 9.15. The minimum absolute atomic E-state index is 0.0123. The van der Waals surface area contributed by atoms with Crippen LogP contribution in [0.5, 0.6) is 0 Å². The molecule has 0 amide bonds. The summed E-state index contributed by atoms with van der Waals surface area (Å²) in [5.41, 5.74) is 0.0432. The van der Waals surface area contributed by atoms with Crippen molar-refractivity contribution in [3.63, 3.8) is 0 Å². The zero-order chi connectivity index (χ0) is 13.6. The molecule has 3 aliphatic rings. The van der Waals surface area contributed by atoms with E-state index in [0.717, 1.165) is 38.5 Å². The number of carbonyl (C=O) groups is 2. The molecule has 0 heterocycles. The van der Waals surface area contributed by atoms with Crippen molar-refractivity contribution >= 4 is 11.8 Å². The Kier molecular flexibility index (Phi) is 2.93. The van der Waals surface area contributed by atoms with Crippen LogP contribution < -0.4 is 0 Å². The summed E-state index contributed by atoms with van der Waals surface area (Å²) in [4.78, 5) is 23.7. The molecule has 4 heteroatoms. The van der Waals surface area contributed by atoms with Gasteiger partial charge in [0.15, 0.2) is 5.78 Å². The van der Waals surface area contributed by atoms with Crippen molar-refractivity contribution in [2.75, 3.05) is 0 Å². The molecule has 0 saturated heterocycles. The highest BCUT2D eigenvalue weighted by Crippen LogP contribution is 2.55. The van der Waals surface area contributed by atoms with Gasteiger partial charge in [0.1, 0.15) is 11.6 Å². The van der Waals surface area contributed by atoms with E-state index in [1.165, 1.54) is 0 Å². The lowest BCUT2D eigenvalue weighted by molar-refractivity contribution is -0.132. The zero-order valence-corrected chi connectivity index (χ0v) is 10.8. The van der Waals surface area contributed by atoms with Crippen LogP contribution in [-0.4, -0.2) is 16.9 Å². The largest absolute Gasteiger partial charge is 0.477 e. The van der Waals surface area contributed by atoms with Gasteiger partial charge in [-0.1, -0.05) is 25.7 Å². The highest BCUT2D eigenvalue weighted by Gasteiger charge is 2.53. The number of rotatable bonds is 1. The summed E-state index contributed by atoms with van der Waals surface area (Å²) in [5, 5.41) is 18.2. The second-order valence-electron chi connectivity index (χ2n) is 5.98. The van der Waals surface area contributed by atoms with Crippen LogP contribution in [0.15, 0.2) is 11.1 Å². The Hall–Kier alpha value is -1.63. The van der Waals surface area contributed by atoms with Crippen molar-refractivity contribution in [1.29, 1.82) is 5.26 Å². The third kappa shape index (κ3) is 1.72. The van der Waals surface area contributed by atoms with Gasteiger partial charge >= 0.3 is 5.97 Å². The van der Waals surface area contributed by atoms with Crippen LogP contribution in [0.3, 0.4) is 0 Å². The molecule has 0 bridgehead atoms. The molecule has 4 nitrogen and oxygen atoms in total. The number of nitrogens with zero attached hydrogens (tertiary/aromatic N) is 1. The van der Waals surface area contributed by atoms with Gasteiger partial charge in [0.2, 0.25) is 0 Å². The molecule has 4 atom stereocenters. The summed E-state index contributed by atoms with van der Waals surface area (Å²) < 4.78 is 0. The number of hydrogen-bond donors (Lipinski definition) is 1. The highest BCUT2D eigenvalue weighted by atomic mass is 16.4. The minimum atomic E-state index is -1.24. The molecule has 19 heavy (non-hydrogen) atoms. The average Bonchev–Trinajstić information content (AvgIpc) is 2.68. The predicted molar refractivity (Wildman–Crippen MR) is 66.9 cm³/mol. The maximum atomic E-state index is 12.5. The molecule has 3 fully saturated rings. The van der Waals surface area contributed by atoms with E-state index >= 15 is 0 Å². The summed E-state index contributed by atoms with van der Waals surface area (Å²) in [6, 6.07) is 1.75. The third-order valence-electron chi connectivity index (χ3n) is 5.22. The van der Waals surface area contributed by atoms with Crippen LogP contribution in [-0.2, 0) is 9.59 Å². The van der Waals surface area contributed by atoms with Gasteiger partial charge in [0, 0.05) is 11.5 Å². The fraction of sp³-hybridized carbons (Fsp3) is 0.667. The molecular weight excluding hydrogens is 242 g/mol. The first-order valence-electron chi connectivity index (χ1n) is 7.07. The molecule has 0 spiro atoms. The summed E-state index contributed by atoms with van der Waals surface area (Å²) in [5.74, 6) is -0.392.